The van der Waals surface area contributed by atoms with Crippen LogP contribution in [0.3, 0.4) is 0 Å². The van der Waals surface area contributed by atoms with Crippen molar-refractivity contribution in [1.82, 2.24) is 24.9 Å². The van der Waals surface area contributed by atoms with Gasteiger partial charge in [-0.3, -0.25) is 4.98 Å². The Balaban J connectivity index is 0.000000186. The summed E-state index contributed by atoms with van der Waals surface area (Å²) in [5, 5.41) is 8.20. The summed E-state index contributed by atoms with van der Waals surface area (Å²) in [6.07, 6.45) is 9.90. The number of aliphatic hydroxyl groups excluding tert-OH is 1. The number of pyridine rings is 1. The first-order valence-corrected chi connectivity index (χ1v) is 11.6. The van der Waals surface area contributed by atoms with E-state index in [1.165, 1.54) is 5.39 Å². The molecule has 176 valence electrons. The van der Waals surface area contributed by atoms with Gasteiger partial charge in [0.25, 0.3) is 0 Å². The van der Waals surface area contributed by atoms with Crippen molar-refractivity contribution < 1.29 is 5.11 Å². The third-order valence-corrected chi connectivity index (χ3v) is 5.55. The van der Waals surface area contributed by atoms with Crippen molar-refractivity contribution in [3.05, 3.63) is 114 Å². The van der Waals surface area contributed by atoms with Gasteiger partial charge in [0.15, 0.2) is 0 Å². The zero-order chi connectivity index (χ0) is 24.7. The number of hydrogen-bond acceptors (Lipinski definition) is 4. The highest BCUT2D eigenvalue weighted by Gasteiger charge is 2.01. The molecule has 8 bridgehead atoms. The Bertz CT molecular complexity index is 1490. The second-order valence-corrected chi connectivity index (χ2v) is 8.10. The first-order chi connectivity index (χ1) is 17.8. The highest BCUT2D eigenvalue weighted by molar-refractivity contribution is 5.78. The Morgan fingerprint density at radius 1 is 0.528 bits per heavy atom. The van der Waals surface area contributed by atoms with Crippen molar-refractivity contribution in [2.75, 3.05) is 7.11 Å². The number of nitrogens with zero attached hydrogens (tertiary/aromatic N) is 3. The van der Waals surface area contributed by atoms with Crippen LogP contribution in [0.1, 0.15) is 22.8 Å². The standard InChI is InChI=1S/C20H14N4.C9H7N.CH4O/c1-2-14-10-16-5-6-18(23-16)12-20-8-7-19(24-20)11-17-4-3-15(22-17)9-13(1)21-14;1-2-6-9-8(4-1)5-3-7-10-9;1-2/h1-12,21,24H;1-7H;2H,1H3. The molecule has 7 rings (SSSR count). The van der Waals surface area contributed by atoms with Crippen LogP contribution in [-0.4, -0.2) is 37.1 Å². The van der Waals surface area contributed by atoms with Crippen LogP contribution < -0.4 is 0 Å². The Labute approximate surface area is 208 Å². The van der Waals surface area contributed by atoms with Gasteiger partial charge < -0.3 is 15.1 Å². The van der Waals surface area contributed by atoms with E-state index in [2.05, 4.69) is 61.3 Å². The van der Waals surface area contributed by atoms with E-state index < -0.39 is 0 Å². The fraction of sp³-hybridized carbons (Fsp3) is 0.0333. The van der Waals surface area contributed by atoms with Crippen molar-refractivity contribution in [3.63, 3.8) is 0 Å². The molecule has 6 nitrogen and oxygen atoms in total. The molecule has 3 N–H and O–H groups in total. The van der Waals surface area contributed by atoms with E-state index in [1.807, 2.05) is 79.0 Å². The quantitative estimate of drug-likeness (QED) is 0.235. The van der Waals surface area contributed by atoms with Gasteiger partial charge in [-0.15, -0.1) is 0 Å². The van der Waals surface area contributed by atoms with Gasteiger partial charge in [0.1, 0.15) is 0 Å². The molecule has 0 saturated carbocycles. The Hall–Kier alpha value is -4.81. The number of aromatic amines is 2. The molecule has 2 aliphatic heterocycles. The minimum Gasteiger partial charge on any atom is -0.400 e. The van der Waals surface area contributed by atoms with Gasteiger partial charge in [-0.25, -0.2) is 9.97 Å². The van der Waals surface area contributed by atoms with E-state index in [1.54, 1.807) is 0 Å². The van der Waals surface area contributed by atoms with Gasteiger partial charge in [-0.05, 0) is 85.0 Å². The molecule has 1 aromatic carbocycles. The highest BCUT2D eigenvalue weighted by atomic mass is 16.2. The van der Waals surface area contributed by atoms with Crippen molar-refractivity contribution in [3.8, 4) is 0 Å². The number of hydrogen-bond donors (Lipinski definition) is 3. The summed E-state index contributed by atoms with van der Waals surface area (Å²) in [5.41, 5.74) is 8.92. The van der Waals surface area contributed by atoms with Gasteiger partial charge in [0, 0.05) is 40.8 Å². The van der Waals surface area contributed by atoms with E-state index in [0.29, 0.717) is 0 Å². The molecule has 6 heteroatoms. The predicted molar refractivity (Wildman–Crippen MR) is 149 cm³/mol. The summed E-state index contributed by atoms with van der Waals surface area (Å²) >= 11 is 0. The highest BCUT2D eigenvalue weighted by Crippen LogP contribution is 2.17. The number of aromatic nitrogens is 5. The fourth-order valence-corrected chi connectivity index (χ4v) is 3.96. The molecule has 0 spiro atoms. The lowest BCUT2D eigenvalue weighted by atomic mass is 10.2. The van der Waals surface area contributed by atoms with E-state index in [-0.39, 0.29) is 0 Å². The van der Waals surface area contributed by atoms with Crippen LogP contribution in [0.15, 0.2) is 91.1 Å². The van der Waals surface area contributed by atoms with Crippen LogP contribution in [0.4, 0.5) is 0 Å². The minimum atomic E-state index is 0.939. The lowest BCUT2D eigenvalue weighted by Gasteiger charge is -1.91. The summed E-state index contributed by atoms with van der Waals surface area (Å²) in [6, 6.07) is 28.4. The van der Waals surface area contributed by atoms with Gasteiger partial charge in [0.2, 0.25) is 0 Å². The maximum Gasteiger partial charge on any atom is 0.0701 e. The molecule has 0 unspecified atom stereocenters. The van der Waals surface area contributed by atoms with Gasteiger partial charge in [-0.2, -0.15) is 0 Å². The lowest BCUT2D eigenvalue weighted by Crippen LogP contribution is -1.75. The van der Waals surface area contributed by atoms with Crippen molar-refractivity contribution in [1.29, 1.82) is 0 Å². The topological polar surface area (TPSA) is 90.5 Å². The second-order valence-electron chi connectivity index (χ2n) is 8.10. The molecule has 4 aromatic heterocycles. The van der Waals surface area contributed by atoms with E-state index in [0.717, 1.165) is 57.5 Å². The number of benzene rings is 1. The number of aliphatic hydroxyl groups is 1. The minimum absolute atomic E-state index is 0.939. The van der Waals surface area contributed by atoms with Crippen LogP contribution in [0.5, 0.6) is 0 Å². The Morgan fingerprint density at radius 3 is 1.39 bits per heavy atom. The maximum absolute atomic E-state index is 7.00. The number of H-pyrrole nitrogens is 2. The van der Waals surface area contributed by atoms with E-state index in [4.69, 9.17) is 5.11 Å². The number of nitrogens with one attached hydrogen (secondary N) is 2. The number of para-hydroxylation sites is 1. The molecule has 0 fully saturated rings. The first kappa shape index (κ1) is 23.0. The van der Waals surface area contributed by atoms with Crippen molar-refractivity contribution in [2.45, 2.75) is 0 Å². The van der Waals surface area contributed by atoms with Crippen LogP contribution in [-0.2, 0) is 0 Å². The lowest BCUT2D eigenvalue weighted by molar-refractivity contribution is 0.399. The molecular formula is C30H25N5O. The largest absolute Gasteiger partial charge is 0.400 e. The molecule has 6 heterocycles. The molecule has 0 aliphatic carbocycles. The van der Waals surface area contributed by atoms with E-state index in [9.17, 15) is 0 Å². The smallest absolute Gasteiger partial charge is 0.0701 e. The van der Waals surface area contributed by atoms with Crippen LogP contribution >= 0.6 is 0 Å². The van der Waals surface area contributed by atoms with Gasteiger partial charge in [0.05, 0.1) is 28.3 Å². The van der Waals surface area contributed by atoms with Gasteiger partial charge in [-0.1, -0.05) is 24.3 Å². The molecule has 0 radical (unpaired) electrons. The summed E-state index contributed by atoms with van der Waals surface area (Å²) in [7, 11) is 1.00. The zero-order valence-corrected chi connectivity index (χ0v) is 19.8. The predicted octanol–water partition coefficient (Wildman–Crippen LogP) is 6.50. The van der Waals surface area contributed by atoms with Crippen molar-refractivity contribution in [2.24, 2.45) is 0 Å². The molecule has 0 amide bonds. The number of fused-ring (bicyclic) bond motifs is 9. The maximum atomic E-state index is 7.00. The molecule has 0 saturated heterocycles. The summed E-state index contributed by atoms with van der Waals surface area (Å²) in [5.74, 6) is 0. The first-order valence-electron chi connectivity index (χ1n) is 11.6. The third kappa shape index (κ3) is 5.46. The fourth-order valence-electron chi connectivity index (χ4n) is 3.96. The molecule has 2 aliphatic rings. The third-order valence-electron chi connectivity index (χ3n) is 5.55. The van der Waals surface area contributed by atoms with Crippen LogP contribution in [0, 0.1) is 0 Å². The molecule has 0 atom stereocenters. The molecule has 5 aromatic rings. The van der Waals surface area contributed by atoms with Crippen LogP contribution in [0.25, 0.3) is 57.3 Å². The second kappa shape index (κ2) is 10.6. The number of rotatable bonds is 0. The Kier molecular flexibility index (Phi) is 6.78. The zero-order valence-electron chi connectivity index (χ0n) is 19.8. The Morgan fingerprint density at radius 2 is 0.944 bits per heavy atom. The molecular weight excluding hydrogens is 446 g/mol. The monoisotopic (exact) mass is 471 g/mol. The average Bonchev–Trinajstić information content (AvgIpc) is 3.72. The normalized spacial score (nSPS) is 11.4. The SMILES string of the molecule is C1=Cc2cc3ccc(cc4nc(cc5ccc(cc1n2)[nH]5)C=C4)[nH]3.CO.c1ccc2ncccc2c1. The summed E-state index contributed by atoms with van der Waals surface area (Å²) in [6.45, 7) is 0. The summed E-state index contributed by atoms with van der Waals surface area (Å²) < 4.78 is 0. The van der Waals surface area contributed by atoms with Crippen LogP contribution in [0.2, 0.25) is 0 Å². The van der Waals surface area contributed by atoms with Crippen molar-refractivity contribution >= 4 is 57.3 Å². The average molecular weight is 472 g/mol. The van der Waals surface area contributed by atoms with Gasteiger partial charge >= 0.3 is 0 Å². The molecule has 36 heavy (non-hydrogen) atoms. The van der Waals surface area contributed by atoms with E-state index >= 15 is 0 Å². The summed E-state index contributed by atoms with van der Waals surface area (Å²) in [4.78, 5) is 20.2.